The zero-order valence-electron chi connectivity index (χ0n) is 10.6. The lowest BCUT2D eigenvalue weighted by molar-refractivity contribution is 0.273. The summed E-state index contributed by atoms with van der Waals surface area (Å²) < 4.78 is 0. The molecule has 0 aliphatic heterocycles. The molecule has 0 spiro atoms. The first kappa shape index (κ1) is 15.0. The summed E-state index contributed by atoms with van der Waals surface area (Å²) in [5.74, 6) is 0.740. The minimum absolute atomic E-state index is 0.740. The predicted octanol–water partition coefficient (Wildman–Crippen LogP) is 4.58. The fourth-order valence-electron chi connectivity index (χ4n) is 2.08. The van der Waals surface area contributed by atoms with Crippen molar-refractivity contribution in [3.63, 3.8) is 0 Å². The van der Waals surface area contributed by atoms with Crippen LogP contribution in [0.15, 0.2) is 24.3 Å². The van der Waals surface area contributed by atoms with Crippen LogP contribution in [0, 0.1) is 5.92 Å². The number of halogens is 2. The molecule has 0 heterocycles. The van der Waals surface area contributed by atoms with Gasteiger partial charge in [0.1, 0.15) is 0 Å². The van der Waals surface area contributed by atoms with Crippen molar-refractivity contribution < 1.29 is 0 Å². The van der Waals surface area contributed by atoms with Gasteiger partial charge in [-0.2, -0.15) is 0 Å². The first-order chi connectivity index (χ1) is 8.15. The van der Waals surface area contributed by atoms with Crippen LogP contribution in [0.4, 0.5) is 0 Å². The largest absolute Gasteiger partial charge is 0.302 e. The molecule has 17 heavy (non-hydrogen) atoms. The van der Waals surface area contributed by atoms with Crippen LogP contribution in [-0.4, -0.2) is 23.8 Å². The Morgan fingerprint density at radius 1 is 1.41 bits per heavy atom. The van der Waals surface area contributed by atoms with Gasteiger partial charge in [-0.25, -0.2) is 0 Å². The molecule has 0 N–H and O–H groups in total. The lowest BCUT2D eigenvalue weighted by atomic mass is 10.1. The van der Waals surface area contributed by atoms with Crippen molar-refractivity contribution >= 4 is 27.5 Å². The first-order valence-corrected chi connectivity index (χ1v) is 7.64. The van der Waals surface area contributed by atoms with Gasteiger partial charge >= 0.3 is 0 Å². The Hall–Kier alpha value is -0.0500. The lowest BCUT2D eigenvalue weighted by Gasteiger charge is -2.22. The maximum absolute atomic E-state index is 5.99. The molecule has 1 rings (SSSR count). The molecule has 1 nitrogen and oxygen atoms in total. The number of benzene rings is 1. The highest BCUT2D eigenvalue weighted by Crippen LogP contribution is 2.15. The quantitative estimate of drug-likeness (QED) is 0.665. The van der Waals surface area contributed by atoms with Crippen LogP contribution >= 0.6 is 27.5 Å². The van der Waals surface area contributed by atoms with Crippen molar-refractivity contribution in [1.82, 2.24) is 4.90 Å². The summed E-state index contributed by atoms with van der Waals surface area (Å²) in [5, 5.41) is 1.90. The van der Waals surface area contributed by atoms with E-state index in [-0.39, 0.29) is 0 Å². The average molecular weight is 319 g/mol. The van der Waals surface area contributed by atoms with Crippen LogP contribution in [0.25, 0.3) is 0 Å². The number of hydrogen-bond acceptors (Lipinski definition) is 1. The summed E-state index contributed by atoms with van der Waals surface area (Å²) >= 11 is 9.58. The number of rotatable bonds is 7. The second-order valence-electron chi connectivity index (χ2n) is 4.64. The Bertz CT molecular complexity index is 330. The van der Waals surface area contributed by atoms with Crippen molar-refractivity contribution in [2.75, 3.05) is 18.9 Å². The minimum Gasteiger partial charge on any atom is -0.302 e. The molecule has 0 bridgehead atoms. The fraction of sp³-hybridized carbons (Fsp3) is 0.571. The SMILES string of the molecule is CCCC(CBr)CN(C)Cc1cccc(Cl)c1. The molecule has 0 amide bonds. The molecule has 0 aliphatic rings. The Kier molecular flexibility index (Phi) is 7.17. The highest BCUT2D eigenvalue weighted by atomic mass is 79.9. The third kappa shape index (κ3) is 5.89. The third-order valence-electron chi connectivity index (χ3n) is 2.83. The van der Waals surface area contributed by atoms with Gasteiger partial charge in [-0.1, -0.05) is 53.0 Å². The Labute approximate surface area is 118 Å². The molecule has 96 valence electrons. The van der Waals surface area contributed by atoms with Crippen LogP contribution in [0.3, 0.4) is 0 Å². The summed E-state index contributed by atoms with van der Waals surface area (Å²) in [5.41, 5.74) is 1.28. The summed E-state index contributed by atoms with van der Waals surface area (Å²) in [4.78, 5) is 2.37. The van der Waals surface area contributed by atoms with Crippen LogP contribution in [0.1, 0.15) is 25.3 Å². The van der Waals surface area contributed by atoms with E-state index >= 15 is 0 Å². The van der Waals surface area contributed by atoms with Gasteiger partial charge in [0, 0.05) is 23.4 Å². The maximum Gasteiger partial charge on any atom is 0.0409 e. The highest BCUT2D eigenvalue weighted by Gasteiger charge is 2.09. The van der Waals surface area contributed by atoms with Gasteiger partial charge < -0.3 is 4.90 Å². The van der Waals surface area contributed by atoms with E-state index in [1.807, 2.05) is 18.2 Å². The Morgan fingerprint density at radius 2 is 2.18 bits per heavy atom. The molecule has 0 saturated carbocycles. The van der Waals surface area contributed by atoms with E-state index < -0.39 is 0 Å². The molecule has 0 fully saturated rings. The molecule has 1 aromatic rings. The number of nitrogens with zero attached hydrogens (tertiary/aromatic N) is 1. The number of hydrogen-bond donors (Lipinski definition) is 0. The van der Waals surface area contributed by atoms with Gasteiger partial charge in [0.15, 0.2) is 0 Å². The monoisotopic (exact) mass is 317 g/mol. The average Bonchev–Trinajstić information content (AvgIpc) is 2.28. The molecule has 0 radical (unpaired) electrons. The predicted molar refractivity (Wildman–Crippen MR) is 80.0 cm³/mol. The van der Waals surface area contributed by atoms with E-state index in [1.165, 1.54) is 18.4 Å². The van der Waals surface area contributed by atoms with Gasteiger partial charge in [-0.05, 0) is 37.1 Å². The van der Waals surface area contributed by atoms with E-state index in [0.29, 0.717) is 0 Å². The zero-order chi connectivity index (χ0) is 12.7. The van der Waals surface area contributed by atoms with E-state index in [1.54, 1.807) is 0 Å². The van der Waals surface area contributed by atoms with Crippen LogP contribution in [0.5, 0.6) is 0 Å². The summed E-state index contributed by atoms with van der Waals surface area (Å²) in [6, 6.07) is 8.11. The molecule has 0 saturated heterocycles. The number of alkyl halides is 1. The summed E-state index contributed by atoms with van der Waals surface area (Å²) in [6.45, 7) is 4.34. The molecule has 0 aliphatic carbocycles. The van der Waals surface area contributed by atoms with Crippen LogP contribution in [0.2, 0.25) is 5.02 Å². The Balaban J connectivity index is 2.45. The van der Waals surface area contributed by atoms with E-state index in [2.05, 4.69) is 40.9 Å². The van der Waals surface area contributed by atoms with Crippen molar-refractivity contribution in [3.8, 4) is 0 Å². The van der Waals surface area contributed by atoms with Crippen molar-refractivity contribution in [2.24, 2.45) is 5.92 Å². The van der Waals surface area contributed by atoms with Gasteiger partial charge in [0.05, 0.1) is 0 Å². The smallest absolute Gasteiger partial charge is 0.0409 e. The van der Waals surface area contributed by atoms with Crippen molar-refractivity contribution in [2.45, 2.75) is 26.3 Å². The van der Waals surface area contributed by atoms with Gasteiger partial charge in [-0.15, -0.1) is 0 Å². The van der Waals surface area contributed by atoms with E-state index in [4.69, 9.17) is 11.6 Å². The van der Waals surface area contributed by atoms with Gasteiger partial charge in [0.25, 0.3) is 0 Å². The highest BCUT2D eigenvalue weighted by molar-refractivity contribution is 9.09. The second-order valence-corrected chi connectivity index (χ2v) is 5.72. The van der Waals surface area contributed by atoms with Crippen LogP contribution < -0.4 is 0 Å². The molecule has 1 aromatic carbocycles. The molecule has 3 heteroatoms. The summed E-state index contributed by atoms with van der Waals surface area (Å²) in [7, 11) is 2.17. The minimum atomic E-state index is 0.740. The maximum atomic E-state index is 5.99. The van der Waals surface area contributed by atoms with Crippen molar-refractivity contribution in [1.29, 1.82) is 0 Å². The lowest BCUT2D eigenvalue weighted by Crippen LogP contribution is -2.26. The van der Waals surface area contributed by atoms with E-state index in [9.17, 15) is 0 Å². The van der Waals surface area contributed by atoms with Gasteiger partial charge in [-0.3, -0.25) is 0 Å². The molecular formula is C14H21BrClN. The molecule has 0 aromatic heterocycles. The molecule has 1 atom stereocenters. The van der Waals surface area contributed by atoms with Crippen molar-refractivity contribution in [3.05, 3.63) is 34.9 Å². The normalized spacial score (nSPS) is 13.0. The standard InChI is InChI=1S/C14H21BrClN/c1-3-5-13(9-15)11-17(2)10-12-6-4-7-14(16)8-12/h4,6-8,13H,3,5,9-11H2,1-2H3. The van der Waals surface area contributed by atoms with Crippen LogP contribution in [-0.2, 0) is 6.54 Å². The first-order valence-electron chi connectivity index (χ1n) is 6.14. The Morgan fingerprint density at radius 3 is 2.76 bits per heavy atom. The van der Waals surface area contributed by atoms with Gasteiger partial charge in [0.2, 0.25) is 0 Å². The summed E-state index contributed by atoms with van der Waals surface area (Å²) in [6.07, 6.45) is 2.53. The van der Waals surface area contributed by atoms with E-state index in [0.717, 1.165) is 29.4 Å². The topological polar surface area (TPSA) is 3.24 Å². The third-order valence-corrected chi connectivity index (χ3v) is 3.98. The zero-order valence-corrected chi connectivity index (χ0v) is 13.0. The molecular weight excluding hydrogens is 298 g/mol. The molecule has 1 unspecified atom stereocenters. The second kappa shape index (κ2) is 8.12. The fourth-order valence-corrected chi connectivity index (χ4v) is 2.82.